The molecule has 1 aliphatic heterocycles. The van der Waals surface area contributed by atoms with E-state index in [1.807, 2.05) is 0 Å². The zero-order chi connectivity index (χ0) is 13.3. The number of nitrogens with zero attached hydrogens (tertiary/aromatic N) is 1. The number of amides is 3. The average molecular weight is 311 g/mol. The SMILES string of the molecule is CCN1C(=O)NC(=Cc2cc(Br)ccc2O)C1=O. The van der Waals surface area contributed by atoms with Gasteiger partial charge >= 0.3 is 6.03 Å². The smallest absolute Gasteiger partial charge is 0.328 e. The van der Waals surface area contributed by atoms with E-state index in [9.17, 15) is 14.7 Å². The number of halogens is 1. The third kappa shape index (κ3) is 2.24. The van der Waals surface area contributed by atoms with Crippen molar-refractivity contribution in [2.24, 2.45) is 0 Å². The lowest BCUT2D eigenvalue weighted by Gasteiger charge is -2.06. The molecule has 1 aromatic carbocycles. The highest BCUT2D eigenvalue weighted by atomic mass is 79.9. The molecule has 2 rings (SSSR count). The molecule has 0 unspecified atom stereocenters. The topological polar surface area (TPSA) is 69.6 Å². The Bertz CT molecular complexity index is 554. The lowest BCUT2D eigenvalue weighted by molar-refractivity contribution is -0.122. The van der Waals surface area contributed by atoms with Gasteiger partial charge in [0.25, 0.3) is 5.91 Å². The number of imide groups is 1. The number of urea groups is 1. The zero-order valence-corrected chi connectivity index (χ0v) is 11.2. The number of benzene rings is 1. The molecule has 18 heavy (non-hydrogen) atoms. The lowest BCUT2D eigenvalue weighted by atomic mass is 10.1. The first-order valence-corrected chi connectivity index (χ1v) is 6.15. The number of hydrogen-bond acceptors (Lipinski definition) is 3. The lowest BCUT2D eigenvalue weighted by Crippen LogP contribution is -2.30. The van der Waals surface area contributed by atoms with E-state index in [1.54, 1.807) is 19.1 Å². The van der Waals surface area contributed by atoms with Gasteiger partial charge in [-0.1, -0.05) is 15.9 Å². The van der Waals surface area contributed by atoms with E-state index >= 15 is 0 Å². The van der Waals surface area contributed by atoms with Crippen LogP contribution in [0.3, 0.4) is 0 Å². The third-order valence-electron chi connectivity index (χ3n) is 2.57. The van der Waals surface area contributed by atoms with Crippen molar-refractivity contribution < 1.29 is 14.7 Å². The minimum absolute atomic E-state index is 0.0442. The Morgan fingerprint density at radius 3 is 2.78 bits per heavy atom. The highest BCUT2D eigenvalue weighted by Gasteiger charge is 2.32. The van der Waals surface area contributed by atoms with Crippen molar-refractivity contribution in [2.75, 3.05) is 6.54 Å². The maximum absolute atomic E-state index is 11.8. The summed E-state index contributed by atoms with van der Waals surface area (Å²) in [6.07, 6.45) is 1.45. The fraction of sp³-hybridized carbons (Fsp3) is 0.167. The number of rotatable bonds is 2. The van der Waals surface area contributed by atoms with Gasteiger partial charge in [-0.05, 0) is 31.2 Å². The average Bonchev–Trinajstić information content (AvgIpc) is 2.59. The number of likely N-dealkylation sites (N-methyl/N-ethyl adjacent to an activating group) is 1. The maximum Gasteiger partial charge on any atom is 0.328 e. The van der Waals surface area contributed by atoms with E-state index < -0.39 is 6.03 Å². The molecule has 0 saturated carbocycles. The van der Waals surface area contributed by atoms with Gasteiger partial charge in [-0.15, -0.1) is 0 Å². The van der Waals surface area contributed by atoms with Crippen LogP contribution in [0.4, 0.5) is 4.79 Å². The molecule has 1 aromatic rings. The number of carbonyl (C=O) groups excluding carboxylic acids is 2. The summed E-state index contributed by atoms with van der Waals surface area (Å²) in [5, 5.41) is 12.1. The van der Waals surface area contributed by atoms with Crippen molar-refractivity contribution in [1.82, 2.24) is 10.2 Å². The van der Waals surface area contributed by atoms with Crippen LogP contribution in [-0.2, 0) is 4.79 Å². The molecule has 1 fully saturated rings. The Balaban J connectivity index is 2.38. The summed E-state index contributed by atoms with van der Waals surface area (Å²) >= 11 is 3.28. The van der Waals surface area contributed by atoms with Crippen molar-refractivity contribution in [3.63, 3.8) is 0 Å². The van der Waals surface area contributed by atoms with E-state index in [1.165, 1.54) is 12.1 Å². The molecule has 1 heterocycles. The largest absolute Gasteiger partial charge is 0.507 e. The fourth-order valence-corrected chi connectivity index (χ4v) is 2.03. The fourth-order valence-electron chi connectivity index (χ4n) is 1.66. The molecule has 0 radical (unpaired) electrons. The van der Waals surface area contributed by atoms with E-state index in [0.717, 1.165) is 9.37 Å². The predicted molar refractivity (Wildman–Crippen MR) is 69.7 cm³/mol. The van der Waals surface area contributed by atoms with Crippen molar-refractivity contribution in [3.8, 4) is 5.75 Å². The predicted octanol–water partition coefficient (Wildman–Crippen LogP) is 2.07. The van der Waals surface area contributed by atoms with Gasteiger partial charge in [0.2, 0.25) is 0 Å². The second-order valence-electron chi connectivity index (χ2n) is 3.74. The first-order valence-electron chi connectivity index (χ1n) is 5.36. The van der Waals surface area contributed by atoms with Gasteiger partial charge in [-0.3, -0.25) is 9.69 Å². The molecule has 94 valence electrons. The van der Waals surface area contributed by atoms with Gasteiger partial charge in [-0.2, -0.15) is 0 Å². The molecular formula is C12H11BrN2O3. The van der Waals surface area contributed by atoms with E-state index in [4.69, 9.17) is 0 Å². The van der Waals surface area contributed by atoms with Crippen LogP contribution in [0.1, 0.15) is 12.5 Å². The Hall–Kier alpha value is -1.82. The molecule has 2 N–H and O–H groups in total. The molecule has 1 saturated heterocycles. The first-order chi connectivity index (χ1) is 8.52. The monoisotopic (exact) mass is 310 g/mol. The second kappa shape index (κ2) is 4.81. The number of nitrogens with one attached hydrogen (secondary N) is 1. The number of hydrogen-bond donors (Lipinski definition) is 2. The standard InChI is InChI=1S/C12H11BrN2O3/c1-2-15-11(17)9(14-12(15)18)6-7-5-8(13)3-4-10(7)16/h3-6,16H,2H2,1H3,(H,14,18). The van der Waals surface area contributed by atoms with Crippen molar-refractivity contribution in [3.05, 3.63) is 33.9 Å². The number of carbonyl (C=O) groups is 2. The molecule has 0 atom stereocenters. The number of aromatic hydroxyl groups is 1. The van der Waals surface area contributed by atoms with Crippen LogP contribution in [0.15, 0.2) is 28.4 Å². The molecule has 5 nitrogen and oxygen atoms in total. The minimum Gasteiger partial charge on any atom is -0.507 e. The molecule has 1 aliphatic rings. The first kappa shape index (κ1) is 12.6. The van der Waals surface area contributed by atoms with Gasteiger partial charge in [0.15, 0.2) is 0 Å². The summed E-state index contributed by atoms with van der Waals surface area (Å²) in [7, 11) is 0. The van der Waals surface area contributed by atoms with Gasteiger partial charge in [0.05, 0.1) is 0 Å². The van der Waals surface area contributed by atoms with Crippen LogP contribution < -0.4 is 5.32 Å². The molecule has 0 spiro atoms. The van der Waals surface area contributed by atoms with Gasteiger partial charge in [0.1, 0.15) is 11.4 Å². The molecular weight excluding hydrogens is 300 g/mol. The number of phenols is 1. The van der Waals surface area contributed by atoms with Gasteiger partial charge in [0, 0.05) is 16.6 Å². The summed E-state index contributed by atoms with van der Waals surface area (Å²) in [4.78, 5) is 24.4. The molecule has 0 aromatic heterocycles. The zero-order valence-electron chi connectivity index (χ0n) is 9.61. The number of phenolic OH excluding ortho intramolecular Hbond substituents is 1. The Morgan fingerprint density at radius 2 is 2.17 bits per heavy atom. The van der Waals surface area contributed by atoms with Gasteiger partial charge in [-0.25, -0.2) is 4.79 Å². The van der Waals surface area contributed by atoms with Crippen LogP contribution in [0.5, 0.6) is 5.75 Å². The molecule has 0 aliphatic carbocycles. The molecule has 3 amide bonds. The van der Waals surface area contributed by atoms with Crippen molar-refractivity contribution in [2.45, 2.75) is 6.92 Å². The van der Waals surface area contributed by atoms with Crippen molar-refractivity contribution >= 4 is 33.9 Å². The summed E-state index contributed by atoms with van der Waals surface area (Å²) in [5.41, 5.74) is 0.626. The quantitative estimate of drug-likeness (QED) is 0.649. The summed E-state index contributed by atoms with van der Waals surface area (Å²) < 4.78 is 0.774. The second-order valence-corrected chi connectivity index (χ2v) is 4.66. The van der Waals surface area contributed by atoms with Crippen LogP contribution in [0, 0.1) is 0 Å². The van der Waals surface area contributed by atoms with Crippen LogP contribution in [0.25, 0.3) is 6.08 Å². The summed E-state index contributed by atoms with van der Waals surface area (Å²) in [6, 6.07) is 4.42. The maximum atomic E-state index is 11.8. The van der Waals surface area contributed by atoms with Crippen molar-refractivity contribution in [1.29, 1.82) is 0 Å². The van der Waals surface area contributed by atoms with E-state index in [2.05, 4.69) is 21.2 Å². The van der Waals surface area contributed by atoms with E-state index in [-0.39, 0.29) is 17.4 Å². The Labute approximate surface area is 112 Å². The van der Waals surface area contributed by atoms with Crippen LogP contribution in [0.2, 0.25) is 0 Å². The summed E-state index contributed by atoms with van der Waals surface area (Å²) in [6.45, 7) is 2.03. The van der Waals surface area contributed by atoms with E-state index in [0.29, 0.717) is 12.1 Å². The molecule has 0 bridgehead atoms. The Kier molecular flexibility index (Phi) is 3.38. The molecule has 6 heteroatoms. The minimum atomic E-state index is -0.441. The van der Waals surface area contributed by atoms with Crippen LogP contribution >= 0.6 is 15.9 Å². The highest BCUT2D eigenvalue weighted by Crippen LogP contribution is 2.25. The normalized spacial score (nSPS) is 17.4. The highest BCUT2D eigenvalue weighted by molar-refractivity contribution is 9.10. The van der Waals surface area contributed by atoms with Gasteiger partial charge < -0.3 is 10.4 Å². The Morgan fingerprint density at radius 1 is 1.44 bits per heavy atom. The summed E-state index contributed by atoms with van der Waals surface area (Å²) in [5.74, 6) is -0.343. The third-order valence-corrected chi connectivity index (χ3v) is 3.06. The van der Waals surface area contributed by atoms with Crippen LogP contribution in [-0.4, -0.2) is 28.5 Å².